The number of rotatable bonds is 5. The van der Waals surface area contributed by atoms with E-state index < -0.39 is 0 Å². The van der Waals surface area contributed by atoms with Gasteiger partial charge >= 0.3 is 0 Å². The zero-order valence-corrected chi connectivity index (χ0v) is 14.1. The van der Waals surface area contributed by atoms with Crippen LogP contribution in [0.3, 0.4) is 0 Å². The highest BCUT2D eigenvalue weighted by molar-refractivity contribution is 7.98. The van der Waals surface area contributed by atoms with Crippen molar-refractivity contribution in [3.63, 3.8) is 0 Å². The van der Waals surface area contributed by atoms with Crippen LogP contribution in [0.25, 0.3) is 10.9 Å². The molecule has 2 aromatic heterocycles. The number of hydrogen-bond donors (Lipinski definition) is 0. The summed E-state index contributed by atoms with van der Waals surface area (Å²) in [5.74, 6) is 1.15. The summed E-state index contributed by atoms with van der Waals surface area (Å²) in [6.07, 6.45) is 3.57. The van der Waals surface area contributed by atoms with E-state index in [9.17, 15) is 4.79 Å². The molecule has 118 valence electrons. The average molecular weight is 325 g/mol. The molecule has 1 aromatic carbocycles. The van der Waals surface area contributed by atoms with Crippen LogP contribution in [0.1, 0.15) is 19.4 Å². The van der Waals surface area contributed by atoms with E-state index in [1.54, 1.807) is 28.7 Å². The van der Waals surface area contributed by atoms with Crippen molar-refractivity contribution in [2.24, 2.45) is 5.92 Å². The number of thioether (sulfide) groups is 1. The number of para-hydroxylation sites is 1. The van der Waals surface area contributed by atoms with Gasteiger partial charge in [-0.1, -0.05) is 37.7 Å². The molecule has 3 aromatic rings. The highest BCUT2D eigenvalue weighted by atomic mass is 32.2. The first-order valence-electron chi connectivity index (χ1n) is 7.66. The Morgan fingerprint density at radius 1 is 1.13 bits per heavy atom. The highest BCUT2D eigenvalue weighted by Gasteiger charge is 2.12. The largest absolute Gasteiger partial charge is 0.287 e. The Kier molecular flexibility index (Phi) is 4.76. The molecular weight excluding hydrogens is 306 g/mol. The molecule has 0 saturated carbocycles. The van der Waals surface area contributed by atoms with Gasteiger partial charge in [-0.05, 0) is 35.7 Å². The van der Waals surface area contributed by atoms with Crippen molar-refractivity contribution in [1.82, 2.24) is 14.5 Å². The molecule has 5 heteroatoms. The van der Waals surface area contributed by atoms with Crippen LogP contribution >= 0.6 is 11.8 Å². The lowest BCUT2D eigenvalue weighted by atomic mass is 10.2. The van der Waals surface area contributed by atoms with Crippen LogP contribution in [0.2, 0.25) is 0 Å². The van der Waals surface area contributed by atoms with E-state index in [0.717, 1.165) is 16.4 Å². The second-order valence-electron chi connectivity index (χ2n) is 5.87. The SMILES string of the molecule is CC(C)Cn1c(SCc2ccncc2)nc2ccccc2c1=O. The fourth-order valence-electron chi connectivity index (χ4n) is 2.41. The van der Waals surface area contributed by atoms with Gasteiger partial charge in [0.1, 0.15) is 0 Å². The van der Waals surface area contributed by atoms with Crippen molar-refractivity contribution in [1.29, 1.82) is 0 Å². The van der Waals surface area contributed by atoms with E-state index in [4.69, 9.17) is 4.98 Å². The molecule has 0 saturated heterocycles. The van der Waals surface area contributed by atoms with E-state index in [-0.39, 0.29) is 5.56 Å². The lowest BCUT2D eigenvalue weighted by Crippen LogP contribution is -2.25. The summed E-state index contributed by atoms with van der Waals surface area (Å²) in [4.78, 5) is 21.5. The molecule has 0 bridgehead atoms. The van der Waals surface area contributed by atoms with Crippen molar-refractivity contribution < 1.29 is 0 Å². The van der Waals surface area contributed by atoms with Gasteiger partial charge in [-0.3, -0.25) is 14.3 Å². The molecule has 0 unspecified atom stereocenters. The maximum absolute atomic E-state index is 12.8. The molecule has 0 spiro atoms. The van der Waals surface area contributed by atoms with Gasteiger partial charge in [0.25, 0.3) is 5.56 Å². The van der Waals surface area contributed by atoms with Crippen LogP contribution in [0.5, 0.6) is 0 Å². The molecule has 4 nitrogen and oxygen atoms in total. The van der Waals surface area contributed by atoms with Crippen molar-refractivity contribution >= 4 is 22.7 Å². The van der Waals surface area contributed by atoms with Crippen LogP contribution in [0, 0.1) is 5.92 Å². The third-order valence-electron chi connectivity index (χ3n) is 3.49. The number of pyridine rings is 1. The van der Waals surface area contributed by atoms with Gasteiger partial charge in [-0.25, -0.2) is 4.98 Å². The average Bonchev–Trinajstić information content (AvgIpc) is 2.56. The summed E-state index contributed by atoms with van der Waals surface area (Å²) in [5, 5.41) is 1.46. The third-order valence-corrected chi connectivity index (χ3v) is 4.54. The van der Waals surface area contributed by atoms with Gasteiger partial charge in [0.2, 0.25) is 0 Å². The molecule has 0 amide bonds. The standard InChI is InChI=1S/C18H19N3OS/c1-13(2)11-21-17(22)15-5-3-4-6-16(15)20-18(21)23-12-14-7-9-19-10-8-14/h3-10,13H,11-12H2,1-2H3. The first-order valence-corrected chi connectivity index (χ1v) is 8.65. The smallest absolute Gasteiger partial charge is 0.262 e. The van der Waals surface area contributed by atoms with E-state index in [0.29, 0.717) is 17.8 Å². The second-order valence-corrected chi connectivity index (χ2v) is 6.81. The minimum Gasteiger partial charge on any atom is -0.287 e. The first-order chi connectivity index (χ1) is 11.1. The zero-order chi connectivity index (χ0) is 16.2. The molecule has 3 rings (SSSR count). The van der Waals surface area contributed by atoms with Gasteiger partial charge in [-0.2, -0.15) is 0 Å². The van der Waals surface area contributed by atoms with Gasteiger partial charge in [0, 0.05) is 24.7 Å². The van der Waals surface area contributed by atoms with E-state index >= 15 is 0 Å². The predicted octanol–water partition coefficient (Wildman–Crippen LogP) is 3.74. The van der Waals surface area contributed by atoms with Gasteiger partial charge < -0.3 is 0 Å². The molecule has 0 fully saturated rings. The summed E-state index contributed by atoms with van der Waals surface area (Å²) in [7, 11) is 0. The summed E-state index contributed by atoms with van der Waals surface area (Å²) in [6, 6.07) is 11.5. The second kappa shape index (κ2) is 6.96. The van der Waals surface area contributed by atoms with Crippen LogP contribution in [-0.2, 0) is 12.3 Å². The Balaban J connectivity index is 2.01. The number of fused-ring (bicyclic) bond motifs is 1. The summed E-state index contributed by atoms with van der Waals surface area (Å²) >= 11 is 1.60. The molecule has 0 aliphatic carbocycles. The van der Waals surface area contributed by atoms with Crippen LogP contribution in [0.15, 0.2) is 58.7 Å². The molecule has 0 aliphatic rings. The highest BCUT2D eigenvalue weighted by Crippen LogP contribution is 2.22. The Labute approximate surface area is 139 Å². The molecule has 0 N–H and O–H groups in total. The monoisotopic (exact) mass is 325 g/mol. The zero-order valence-electron chi connectivity index (χ0n) is 13.3. The minimum atomic E-state index is 0.0431. The normalized spacial score (nSPS) is 11.3. The summed E-state index contributed by atoms with van der Waals surface area (Å²) in [5.41, 5.74) is 1.97. The lowest BCUT2D eigenvalue weighted by molar-refractivity contribution is 0.475. The fraction of sp³-hybridized carbons (Fsp3) is 0.278. The maximum atomic E-state index is 12.8. The molecule has 0 aliphatic heterocycles. The quantitative estimate of drug-likeness (QED) is 0.529. The maximum Gasteiger partial charge on any atom is 0.262 e. The van der Waals surface area contributed by atoms with E-state index in [2.05, 4.69) is 18.8 Å². The van der Waals surface area contributed by atoms with Gasteiger partial charge in [0.05, 0.1) is 10.9 Å². The summed E-state index contributed by atoms with van der Waals surface area (Å²) in [6.45, 7) is 4.90. The van der Waals surface area contributed by atoms with Crippen LogP contribution < -0.4 is 5.56 Å². The van der Waals surface area contributed by atoms with E-state index in [1.165, 1.54) is 5.56 Å². The molecule has 0 radical (unpaired) electrons. The Morgan fingerprint density at radius 3 is 2.61 bits per heavy atom. The number of nitrogens with zero attached hydrogens (tertiary/aromatic N) is 3. The van der Waals surface area contributed by atoms with E-state index in [1.807, 2.05) is 36.4 Å². The number of aromatic nitrogens is 3. The van der Waals surface area contributed by atoms with Crippen LogP contribution in [0.4, 0.5) is 0 Å². The molecule has 2 heterocycles. The number of benzene rings is 1. The van der Waals surface area contributed by atoms with Crippen molar-refractivity contribution in [3.8, 4) is 0 Å². The van der Waals surface area contributed by atoms with Crippen molar-refractivity contribution in [2.45, 2.75) is 31.3 Å². The van der Waals surface area contributed by atoms with Crippen molar-refractivity contribution in [3.05, 3.63) is 64.7 Å². The first kappa shape index (κ1) is 15.7. The third kappa shape index (κ3) is 3.62. The molecule has 0 atom stereocenters. The van der Waals surface area contributed by atoms with Gasteiger partial charge in [-0.15, -0.1) is 0 Å². The van der Waals surface area contributed by atoms with Gasteiger partial charge in [0.15, 0.2) is 5.16 Å². The minimum absolute atomic E-state index is 0.0431. The fourth-order valence-corrected chi connectivity index (χ4v) is 3.38. The summed E-state index contributed by atoms with van der Waals surface area (Å²) < 4.78 is 1.80. The topological polar surface area (TPSA) is 47.8 Å². The Bertz CT molecular complexity index is 859. The van der Waals surface area contributed by atoms with Crippen LogP contribution in [-0.4, -0.2) is 14.5 Å². The molecular formula is C18H19N3OS. The Morgan fingerprint density at radius 2 is 1.87 bits per heavy atom. The number of hydrogen-bond acceptors (Lipinski definition) is 4. The molecule has 23 heavy (non-hydrogen) atoms. The van der Waals surface area contributed by atoms with Crippen molar-refractivity contribution in [2.75, 3.05) is 0 Å². The Hall–Kier alpha value is -2.14. The predicted molar refractivity (Wildman–Crippen MR) is 94.6 cm³/mol. The lowest BCUT2D eigenvalue weighted by Gasteiger charge is -2.14.